The summed E-state index contributed by atoms with van der Waals surface area (Å²) in [5, 5.41) is 9.03. The van der Waals surface area contributed by atoms with E-state index >= 15 is 0 Å². The summed E-state index contributed by atoms with van der Waals surface area (Å²) in [7, 11) is 1.59. The molecule has 1 fully saturated rings. The number of nitrogens with two attached hydrogens (primary N) is 1. The summed E-state index contributed by atoms with van der Waals surface area (Å²) in [6.45, 7) is 0.402. The third-order valence-electron chi connectivity index (χ3n) is 2.44. The minimum atomic E-state index is -0.273. The molecular formula is C9H19NO3. The van der Waals surface area contributed by atoms with Crippen molar-refractivity contribution in [3.8, 4) is 0 Å². The number of rotatable bonds is 6. The molecule has 3 N–H and O–H groups in total. The Morgan fingerprint density at radius 3 is 2.62 bits per heavy atom. The van der Waals surface area contributed by atoms with Crippen LogP contribution in [0.2, 0.25) is 0 Å². The standard InChI is InChI=1S/C9H19NO3/c1-12-6-8(10)9(5-11)13-7-3-2-4-7/h7-9,11H,2-6,10H2,1H3. The zero-order valence-electron chi connectivity index (χ0n) is 8.11. The average molecular weight is 189 g/mol. The van der Waals surface area contributed by atoms with Crippen molar-refractivity contribution in [2.24, 2.45) is 5.73 Å². The van der Waals surface area contributed by atoms with E-state index in [4.69, 9.17) is 20.3 Å². The lowest BCUT2D eigenvalue weighted by Gasteiger charge is -2.32. The number of aliphatic hydroxyl groups is 1. The Morgan fingerprint density at radius 2 is 2.23 bits per heavy atom. The van der Waals surface area contributed by atoms with Gasteiger partial charge in [-0.25, -0.2) is 0 Å². The van der Waals surface area contributed by atoms with Gasteiger partial charge in [-0.05, 0) is 19.3 Å². The molecule has 4 heteroatoms. The van der Waals surface area contributed by atoms with Gasteiger partial charge in [0.15, 0.2) is 0 Å². The highest BCUT2D eigenvalue weighted by molar-refractivity contribution is 4.77. The number of hydrogen-bond donors (Lipinski definition) is 2. The number of hydrogen-bond acceptors (Lipinski definition) is 4. The summed E-state index contributed by atoms with van der Waals surface area (Å²) in [6, 6.07) is -0.226. The molecule has 0 spiro atoms. The number of aliphatic hydroxyl groups excluding tert-OH is 1. The van der Waals surface area contributed by atoms with Crippen LogP contribution in [-0.4, -0.2) is 43.7 Å². The van der Waals surface area contributed by atoms with E-state index in [0.717, 1.165) is 12.8 Å². The van der Waals surface area contributed by atoms with Gasteiger partial charge in [0.25, 0.3) is 0 Å². The van der Waals surface area contributed by atoms with Crippen molar-refractivity contribution in [3.05, 3.63) is 0 Å². The van der Waals surface area contributed by atoms with Crippen LogP contribution >= 0.6 is 0 Å². The molecule has 0 bridgehead atoms. The molecule has 0 aromatic heterocycles. The molecule has 1 aliphatic carbocycles. The van der Waals surface area contributed by atoms with E-state index in [2.05, 4.69) is 0 Å². The first-order valence-corrected chi connectivity index (χ1v) is 4.78. The van der Waals surface area contributed by atoms with Gasteiger partial charge in [0.05, 0.1) is 31.5 Å². The van der Waals surface area contributed by atoms with Gasteiger partial charge < -0.3 is 20.3 Å². The first kappa shape index (κ1) is 10.9. The third-order valence-corrected chi connectivity index (χ3v) is 2.44. The smallest absolute Gasteiger partial charge is 0.0982 e. The minimum Gasteiger partial charge on any atom is -0.394 e. The predicted octanol–water partition coefficient (Wildman–Crippen LogP) is -0.110. The molecule has 13 heavy (non-hydrogen) atoms. The Labute approximate surface area is 79.0 Å². The van der Waals surface area contributed by atoms with Crippen molar-refractivity contribution in [2.75, 3.05) is 20.3 Å². The molecular weight excluding hydrogens is 170 g/mol. The first-order valence-electron chi connectivity index (χ1n) is 4.78. The van der Waals surface area contributed by atoms with E-state index < -0.39 is 0 Å². The van der Waals surface area contributed by atoms with Crippen LogP contribution in [0.15, 0.2) is 0 Å². The van der Waals surface area contributed by atoms with E-state index in [-0.39, 0.29) is 18.8 Å². The van der Waals surface area contributed by atoms with Crippen molar-refractivity contribution in [3.63, 3.8) is 0 Å². The van der Waals surface area contributed by atoms with Gasteiger partial charge in [0.1, 0.15) is 0 Å². The van der Waals surface area contributed by atoms with Gasteiger partial charge in [-0.2, -0.15) is 0 Å². The Balaban J connectivity index is 2.23. The molecule has 0 radical (unpaired) electrons. The van der Waals surface area contributed by atoms with E-state index in [1.54, 1.807) is 7.11 Å². The fourth-order valence-corrected chi connectivity index (χ4v) is 1.33. The molecule has 1 saturated carbocycles. The molecule has 4 nitrogen and oxygen atoms in total. The average Bonchev–Trinajstić information content (AvgIpc) is 2.03. The second kappa shape index (κ2) is 5.54. The largest absolute Gasteiger partial charge is 0.394 e. The molecule has 0 saturated heterocycles. The normalized spacial score (nSPS) is 22.4. The maximum atomic E-state index is 9.03. The van der Waals surface area contributed by atoms with Crippen molar-refractivity contribution >= 4 is 0 Å². The van der Waals surface area contributed by atoms with Crippen molar-refractivity contribution in [1.82, 2.24) is 0 Å². The van der Waals surface area contributed by atoms with E-state index in [9.17, 15) is 0 Å². The monoisotopic (exact) mass is 189 g/mol. The molecule has 0 aromatic rings. The molecule has 1 aliphatic rings. The predicted molar refractivity (Wildman–Crippen MR) is 49.4 cm³/mol. The molecule has 2 atom stereocenters. The topological polar surface area (TPSA) is 64.7 Å². The third kappa shape index (κ3) is 3.23. The maximum Gasteiger partial charge on any atom is 0.0982 e. The minimum absolute atomic E-state index is 0.0268. The van der Waals surface area contributed by atoms with E-state index in [1.807, 2.05) is 0 Å². The summed E-state index contributed by atoms with van der Waals surface area (Å²) in [5.41, 5.74) is 5.76. The molecule has 0 heterocycles. The van der Waals surface area contributed by atoms with Crippen molar-refractivity contribution in [1.29, 1.82) is 0 Å². The SMILES string of the molecule is COCC(N)C(CO)OC1CCC1. The second-order valence-electron chi connectivity index (χ2n) is 3.53. The molecule has 0 aromatic carbocycles. The fourth-order valence-electron chi connectivity index (χ4n) is 1.33. The van der Waals surface area contributed by atoms with Gasteiger partial charge >= 0.3 is 0 Å². The summed E-state index contributed by atoms with van der Waals surface area (Å²) >= 11 is 0. The van der Waals surface area contributed by atoms with Crippen LogP contribution < -0.4 is 5.73 Å². The molecule has 0 aliphatic heterocycles. The highest BCUT2D eigenvalue weighted by Crippen LogP contribution is 2.23. The van der Waals surface area contributed by atoms with Crippen LogP contribution in [0.25, 0.3) is 0 Å². The van der Waals surface area contributed by atoms with Crippen LogP contribution in [0, 0.1) is 0 Å². The highest BCUT2D eigenvalue weighted by atomic mass is 16.5. The van der Waals surface area contributed by atoms with E-state index in [0.29, 0.717) is 12.7 Å². The summed E-state index contributed by atoms with van der Waals surface area (Å²) < 4.78 is 10.5. The van der Waals surface area contributed by atoms with Crippen LogP contribution in [0.3, 0.4) is 0 Å². The van der Waals surface area contributed by atoms with Gasteiger partial charge in [0.2, 0.25) is 0 Å². The van der Waals surface area contributed by atoms with Gasteiger partial charge in [-0.15, -0.1) is 0 Å². The lowest BCUT2D eigenvalue weighted by atomic mass is 9.96. The Bertz CT molecular complexity index is 139. The summed E-state index contributed by atoms with van der Waals surface area (Å²) in [6.07, 6.45) is 3.44. The Morgan fingerprint density at radius 1 is 1.54 bits per heavy atom. The fraction of sp³-hybridized carbons (Fsp3) is 1.00. The first-order chi connectivity index (χ1) is 6.27. The van der Waals surface area contributed by atoms with Gasteiger partial charge in [-0.1, -0.05) is 0 Å². The highest BCUT2D eigenvalue weighted by Gasteiger charge is 2.25. The molecule has 78 valence electrons. The Hall–Kier alpha value is -0.160. The summed E-state index contributed by atoms with van der Waals surface area (Å²) in [4.78, 5) is 0. The lowest BCUT2D eigenvalue weighted by molar-refractivity contribution is -0.0881. The van der Waals surface area contributed by atoms with Crippen LogP contribution in [0.1, 0.15) is 19.3 Å². The van der Waals surface area contributed by atoms with Crippen LogP contribution in [0.4, 0.5) is 0 Å². The van der Waals surface area contributed by atoms with Gasteiger partial charge in [0, 0.05) is 7.11 Å². The summed E-state index contributed by atoms with van der Waals surface area (Å²) in [5.74, 6) is 0. The quantitative estimate of drug-likeness (QED) is 0.612. The van der Waals surface area contributed by atoms with Crippen molar-refractivity contribution < 1.29 is 14.6 Å². The maximum absolute atomic E-state index is 9.03. The molecule has 2 unspecified atom stereocenters. The molecule has 1 rings (SSSR count). The lowest BCUT2D eigenvalue weighted by Crippen LogP contribution is -2.45. The zero-order chi connectivity index (χ0) is 9.68. The van der Waals surface area contributed by atoms with Gasteiger partial charge in [-0.3, -0.25) is 0 Å². The molecule has 0 amide bonds. The Kier molecular flexibility index (Phi) is 4.66. The second-order valence-corrected chi connectivity index (χ2v) is 3.53. The number of methoxy groups -OCH3 is 1. The van der Waals surface area contributed by atoms with Crippen LogP contribution in [-0.2, 0) is 9.47 Å². The van der Waals surface area contributed by atoms with Crippen LogP contribution in [0.5, 0.6) is 0 Å². The number of ether oxygens (including phenoxy) is 2. The zero-order valence-corrected chi connectivity index (χ0v) is 8.11. The van der Waals surface area contributed by atoms with Crippen molar-refractivity contribution in [2.45, 2.75) is 37.5 Å². The van der Waals surface area contributed by atoms with E-state index in [1.165, 1.54) is 6.42 Å².